The van der Waals surface area contributed by atoms with Gasteiger partial charge in [0.15, 0.2) is 0 Å². The first-order valence-electron chi connectivity index (χ1n) is 6.89. The van der Waals surface area contributed by atoms with Crippen LogP contribution in [-0.4, -0.2) is 13.7 Å². The lowest BCUT2D eigenvalue weighted by Crippen LogP contribution is -2.22. The van der Waals surface area contributed by atoms with Gasteiger partial charge in [0.1, 0.15) is 5.75 Å². The van der Waals surface area contributed by atoms with E-state index in [1.807, 2.05) is 12.1 Å². The zero-order valence-corrected chi connectivity index (χ0v) is 15.6. The van der Waals surface area contributed by atoms with Gasteiger partial charge < -0.3 is 10.1 Å². The number of methoxy groups -OCH3 is 1. The summed E-state index contributed by atoms with van der Waals surface area (Å²) in [7, 11) is 1.68. The molecule has 0 aromatic heterocycles. The Bertz CT molecular complexity index is 611. The molecule has 0 aliphatic rings. The van der Waals surface area contributed by atoms with E-state index in [0.717, 1.165) is 21.2 Å². The second-order valence-electron chi connectivity index (χ2n) is 4.89. The van der Waals surface area contributed by atoms with Gasteiger partial charge in [-0.05, 0) is 54.4 Å². The van der Waals surface area contributed by atoms with Crippen molar-refractivity contribution in [1.29, 1.82) is 0 Å². The first kappa shape index (κ1) is 16.5. The first-order chi connectivity index (χ1) is 10.1. The number of ether oxygens (including phenoxy) is 1. The number of hydrogen-bond acceptors (Lipinski definition) is 2. The van der Waals surface area contributed by atoms with Gasteiger partial charge in [-0.2, -0.15) is 0 Å². The maximum Gasteiger partial charge on any atom is 0.118 e. The van der Waals surface area contributed by atoms with Gasteiger partial charge >= 0.3 is 0 Å². The van der Waals surface area contributed by atoms with E-state index in [4.69, 9.17) is 4.74 Å². The molecule has 2 aromatic carbocycles. The van der Waals surface area contributed by atoms with Crippen molar-refractivity contribution in [2.45, 2.75) is 19.9 Å². The van der Waals surface area contributed by atoms with Crippen molar-refractivity contribution in [3.63, 3.8) is 0 Å². The fourth-order valence-electron chi connectivity index (χ4n) is 2.29. The van der Waals surface area contributed by atoms with Gasteiger partial charge in [0.25, 0.3) is 0 Å². The van der Waals surface area contributed by atoms with Crippen LogP contribution in [0.3, 0.4) is 0 Å². The topological polar surface area (TPSA) is 21.3 Å². The molecule has 0 aliphatic heterocycles. The summed E-state index contributed by atoms with van der Waals surface area (Å²) in [6, 6.07) is 12.7. The molecular weight excluding hydrogens is 394 g/mol. The quantitative estimate of drug-likeness (QED) is 0.725. The highest BCUT2D eigenvalue weighted by atomic mass is 79.9. The smallest absolute Gasteiger partial charge is 0.118 e. The predicted molar refractivity (Wildman–Crippen MR) is 95.1 cm³/mol. The third-order valence-electron chi connectivity index (χ3n) is 3.45. The average Bonchev–Trinajstić information content (AvgIpc) is 2.49. The van der Waals surface area contributed by atoms with Gasteiger partial charge in [-0.15, -0.1) is 0 Å². The summed E-state index contributed by atoms with van der Waals surface area (Å²) in [5, 5.41) is 3.55. The lowest BCUT2D eigenvalue weighted by Gasteiger charge is -2.21. The highest BCUT2D eigenvalue weighted by Crippen LogP contribution is 2.33. The maximum atomic E-state index is 5.24. The van der Waals surface area contributed by atoms with Crippen LogP contribution in [0.1, 0.15) is 29.7 Å². The second kappa shape index (κ2) is 7.43. The summed E-state index contributed by atoms with van der Waals surface area (Å²) in [6.45, 7) is 5.11. The summed E-state index contributed by atoms with van der Waals surface area (Å²) in [5.74, 6) is 0.873. The molecule has 0 amide bonds. The predicted octanol–water partition coefficient (Wildman–Crippen LogP) is 5.23. The minimum Gasteiger partial charge on any atom is -0.497 e. The van der Waals surface area contributed by atoms with Crippen LogP contribution in [0, 0.1) is 6.92 Å². The molecule has 0 bridgehead atoms. The number of halogens is 2. The van der Waals surface area contributed by atoms with E-state index in [2.05, 4.69) is 75.3 Å². The van der Waals surface area contributed by atoms with Gasteiger partial charge in [0.2, 0.25) is 0 Å². The van der Waals surface area contributed by atoms with Gasteiger partial charge in [-0.3, -0.25) is 0 Å². The molecule has 0 saturated carbocycles. The fourth-order valence-corrected chi connectivity index (χ4v) is 3.34. The Balaban J connectivity index is 2.44. The molecule has 4 heteroatoms. The van der Waals surface area contributed by atoms with Crippen molar-refractivity contribution in [2.24, 2.45) is 0 Å². The van der Waals surface area contributed by atoms with Crippen LogP contribution in [0.5, 0.6) is 5.75 Å². The van der Waals surface area contributed by atoms with E-state index in [1.54, 1.807) is 7.11 Å². The van der Waals surface area contributed by atoms with E-state index >= 15 is 0 Å². The zero-order chi connectivity index (χ0) is 15.4. The van der Waals surface area contributed by atoms with E-state index in [-0.39, 0.29) is 6.04 Å². The Morgan fingerprint density at radius 1 is 1.10 bits per heavy atom. The number of aryl methyl sites for hydroxylation is 1. The van der Waals surface area contributed by atoms with Gasteiger partial charge in [0.05, 0.1) is 13.2 Å². The second-order valence-corrected chi connectivity index (χ2v) is 6.60. The monoisotopic (exact) mass is 411 g/mol. The van der Waals surface area contributed by atoms with Crippen molar-refractivity contribution >= 4 is 31.9 Å². The van der Waals surface area contributed by atoms with Crippen molar-refractivity contribution in [2.75, 3.05) is 13.7 Å². The largest absolute Gasteiger partial charge is 0.497 e. The molecule has 0 saturated heterocycles. The van der Waals surface area contributed by atoms with Gasteiger partial charge in [-0.25, -0.2) is 0 Å². The lowest BCUT2D eigenvalue weighted by atomic mass is 9.97. The Hall–Kier alpha value is -0.840. The summed E-state index contributed by atoms with van der Waals surface area (Å²) >= 11 is 7.32. The van der Waals surface area contributed by atoms with Crippen LogP contribution in [0.4, 0.5) is 0 Å². The first-order valence-corrected chi connectivity index (χ1v) is 8.48. The third kappa shape index (κ3) is 3.87. The Kier molecular flexibility index (Phi) is 5.85. The lowest BCUT2D eigenvalue weighted by molar-refractivity contribution is 0.414. The minimum absolute atomic E-state index is 0.146. The van der Waals surface area contributed by atoms with Crippen molar-refractivity contribution in [3.8, 4) is 5.75 Å². The molecule has 112 valence electrons. The summed E-state index contributed by atoms with van der Waals surface area (Å²) in [4.78, 5) is 0. The average molecular weight is 413 g/mol. The highest BCUT2D eigenvalue weighted by molar-refractivity contribution is 9.11. The van der Waals surface area contributed by atoms with Crippen molar-refractivity contribution < 1.29 is 4.74 Å². The van der Waals surface area contributed by atoms with Crippen LogP contribution >= 0.6 is 31.9 Å². The Labute approximate surface area is 143 Å². The molecule has 0 spiro atoms. The minimum atomic E-state index is 0.146. The van der Waals surface area contributed by atoms with E-state index < -0.39 is 0 Å². The van der Waals surface area contributed by atoms with Crippen LogP contribution < -0.4 is 10.1 Å². The molecular formula is C17H19Br2NO. The molecule has 0 fully saturated rings. The summed E-state index contributed by atoms with van der Waals surface area (Å²) in [5.41, 5.74) is 3.66. The van der Waals surface area contributed by atoms with Gasteiger partial charge in [0, 0.05) is 8.95 Å². The Morgan fingerprint density at radius 3 is 2.33 bits per heavy atom. The summed E-state index contributed by atoms with van der Waals surface area (Å²) < 4.78 is 7.47. The zero-order valence-electron chi connectivity index (χ0n) is 12.4. The molecule has 2 rings (SSSR count). The standard InChI is InChI=1S/C17H19Br2NO/c1-4-20-17(12-5-7-13(21-3)8-6-12)14-10-15(18)11(2)9-16(14)19/h5-10,17,20H,4H2,1-3H3. The molecule has 2 aromatic rings. The molecule has 0 aliphatic carbocycles. The molecule has 2 nitrogen and oxygen atoms in total. The third-order valence-corrected chi connectivity index (χ3v) is 4.99. The fraction of sp³-hybridized carbons (Fsp3) is 0.294. The molecule has 21 heavy (non-hydrogen) atoms. The number of hydrogen-bond donors (Lipinski definition) is 1. The molecule has 1 unspecified atom stereocenters. The van der Waals surface area contributed by atoms with Crippen LogP contribution in [0.25, 0.3) is 0 Å². The molecule has 0 heterocycles. The molecule has 0 radical (unpaired) electrons. The van der Waals surface area contributed by atoms with Crippen LogP contribution in [-0.2, 0) is 0 Å². The molecule has 1 N–H and O–H groups in total. The number of benzene rings is 2. The van der Waals surface area contributed by atoms with Crippen molar-refractivity contribution in [3.05, 3.63) is 62.0 Å². The Morgan fingerprint density at radius 2 is 1.76 bits per heavy atom. The number of rotatable bonds is 5. The van der Waals surface area contributed by atoms with Gasteiger partial charge in [-0.1, -0.05) is 50.9 Å². The van der Waals surface area contributed by atoms with E-state index in [0.29, 0.717) is 0 Å². The SMILES string of the molecule is CCNC(c1ccc(OC)cc1)c1cc(Br)c(C)cc1Br. The van der Waals surface area contributed by atoms with Crippen molar-refractivity contribution in [1.82, 2.24) is 5.32 Å². The molecule has 1 atom stereocenters. The van der Waals surface area contributed by atoms with E-state index in [9.17, 15) is 0 Å². The normalized spacial score (nSPS) is 12.2. The number of nitrogens with one attached hydrogen (secondary N) is 1. The highest BCUT2D eigenvalue weighted by Gasteiger charge is 2.17. The van der Waals surface area contributed by atoms with Crippen LogP contribution in [0.15, 0.2) is 45.3 Å². The van der Waals surface area contributed by atoms with E-state index in [1.165, 1.54) is 16.7 Å². The summed E-state index contributed by atoms with van der Waals surface area (Å²) in [6.07, 6.45) is 0. The van der Waals surface area contributed by atoms with Crippen LogP contribution in [0.2, 0.25) is 0 Å². The maximum absolute atomic E-state index is 5.24.